The van der Waals surface area contributed by atoms with Gasteiger partial charge in [0, 0.05) is 10.9 Å². The van der Waals surface area contributed by atoms with Gasteiger partial charge in [0.05, 0.1) is 24.5 Å². The number of amides is 1. The Balaban J connectivity index is 1.51. The minimum Gasteiger partial charge on any atom is -0.496 e. The Morgan fingerprint density at radius 1 is 1.00 bits per heavy atom. The molecule has 0 aromatic heterocycles. The quantitative estimate of drug-likeness (QED) is 0.581. The summed E-state index contributed by atoms with van der Waals surface area (Å²) >= 11 is 0. The first-order valence-electron chi connectivity index (χ1n) is 11.4. The van der Waals surface area contributed by atoms with Crippen molar-refractivity contribution in [1.82, 2.24) is 4.72 Å². The van der Waals surface area contributed by atoms with Gasteiger partial charge in [-0.1, -0.05) is 55.3 Å². The molecule has 0 saturated heterocycles. The van der Waals surface area contributed by atoms with Crippen molar-refractivity contribution in [2.75, 3.05) is 13.7 Å². The van der Waals surface area contributed by atoms with Gasteiger partial charge in [0.2, 0.25) is 5.91 Å². The van der Waals surface area contributed by atoms with Crippen LogP contribution in [0.3, 0.4) is 0 Å². The number of fused-ring (bicyclic) bond motifs is 2. The smallest absolute Gasteiger partial charge is 0.264 e. The Kier molecular flexibility index (Phi) is 5.74. The van der Waals surface area contributed by atoms with Gasteiger partial charge in [-0.3, -0.25) is 4.79 Å². The summed E-state index contributed by atoms with van der Waals surface area (Å²) in [6.45, 7) is 0.353. The Hall–Kier alpha value is -3.06. The van der Waals surface area contributed by atoms with Crippen LogP contribution in [0.1, 0.15) is 55.1 Å². The van der Waals surface area contributed by atoms with Gasteiger partial charge in [0.1, 0.15) is 11.5 Å². The van der Waals surface area contributed by atoms with Gasteiger partial charge in [-0.25, -0.2) is 13.1 Å². The second kappa shape index (κ2) is 8.71. The number of carbonyl (C=O) groups excluding carboxylic acids is 1. The molecule has 1 atom stereocenters. The van der Waals surface area contributed by atoms with Crippen LogP contribution in [0.2, 0.25) is 0 Å². The molecule has 7 heteroatoms. The van der Waals surface area contributed by atoms with Gasteiger partial charge < -0.3 is 9.47 Å². The zero-order valence-electron chi connectivity index (χ0n) is 18.5. The predicted octanol–water partition coefficient (Wildman–Crippen LogP) is 4.88. The molecule has 0 radical (unpaired) electrons. The van der Waals surface area contributed by atoms with E-state index in [1.54, 1.807) is 25.3 Å². The molecule has 3 aromatic carbocycles. The summed E-state index contributed by atoms with van der Waals surface area (Å²) < 4.78 is 40.5. The molecule has 1 aliphatic carbocycles. The van der Waals surface area contributed by atoms with Gasteiger partial charge in [0.15, 0.2) is 0 Å². The van der Waals surface area contributed by atoms with Gasteiger partial charge in [-0.05, 0) is 48.3 Å². The lowest BCUT2D eigenvalue weighted by Gasteiger charge is -2.30. The average molecular weight is 466 g/mol. The number of rotatable bonds is 5. The molecule has 3 aromatic rings. The maximum Gasteiger partial charge on any atom is 0.264 e. The van der Waals surface area contributed by atoms with Crippen LogP contribution in [-0.4, -0.2) is 28.0 Å². The normalized spacial score (nSPS) is 18.5. The molecular formula is C26H27NO5S. The average Bonchev–Trinajstić information content (AvgIpc) is 3.37. The summed E-state index contributed by atoms with van der Waals surface area (Å²) in [5.74, 6) is 0.402. The lowest BCUT2D eigenvalue weighted by molar-refractivity contribution is -0.121. The summed E-state index contributed by atoms with van der Waals surface area (Å²) in [4.78, 5) is 13.5. The summed E-state index contributed by atoms with van der Waals surface area (Å²) in [5.41, 5.74) is 1.75. The third-order valence-corrected chi connectivity index (χ3v) is 8.20. The van der Waals surface area contributed by atoms with Crippen LogP contribution in [0.5, 0.6) is 11.5 Å². The molecule has 0 bridgehead atoms. The van der Waals surface area contributed by atoms with Crippen molar-refractivity contribution >= 4 is 26.7 Å². The van der Waals surface area contributed by atoms with Crippen molar-refractivity contribution in [3.8, 4) is 11.5 Å². The van der Waals surface area contributed by atoms with E-state index in [9.17, 15) is 13.2 Å². The lowest BCUT2D eigenvalue weighted by Crippen LogP contribution is -2.37. The number of hydrogen-bond acceptors (Lipinski definition) is 5. The van der Waals surface area contributed by atoms with E-state index in [4.69, 9.17) is 9.47 Å². The number of benzene rings is 3. The van der Waals surface area contributed by atoms with Crippen LogP contribution in [0.15, 0.2) is 59.5 Å². The van der Waals surface area contributed by atoms with E-state index >= 15 is 0 Å². The number of nitrogens with one attached hydrogen (secondary N) is 1. The fourth-order valence-corrected chi connectivity index (χ4v) is 6.45. The van der Waals surface area contributed by atoms with Crippen molar-refractivity contribution in [3.05, 3.63) is 65.7 Å². The van der Waals surface area contributed by atoms with Gasteiger partial charge in [0.25, 0.3) is 10.0 Å². The topological polar surface area (TPSA) is 81.7 Å². The number of sulfonamides is 1. The van der Waals surface area contributed by atoms with Crippen molar-refractivity contribution in [1.29, 1.82) is 0 Å². The highest BCUT2D eigenvalue weighted by Gasteiger charge is 2.36. The summed E-state index contributed by atoms with van der Waals surface area (Å²) in [7, 11) is -2.51. The molecular weight excluding hydrogens is 438 g/mol. The third-order valence-electron chi connectivity index (χ3n) is 6.79. The van der Waals surface area contributed by atoms with Crippen molar-refractivity contribution < 1.29 is 22.7 Å². The molecule has 1 saturated carbocycles. The first-order valence-corrected chi connectivity index (χ1v) is 12.9. The van der Waals surface area contributed by atoms with Crippen LogP contribution >= 0.6 is 0 Å². The fraction of sp³-hybridized carbons (Fsp3) is 0.346. The molecule has 1 amide bonds. The third kappa shape index (κ3) is 3.95. The summed E-state index contributed by atoms with van der Waals surface area (Å²) in [5, 5.41) is 1.38. The maximum atomic E-state index is 13.4. The van der Waals surface area contributed by atoms with Crippen molar-refractivity contribution in [2.24, 2.45) is 0 Å². The number of carbonyl (C=O) groups is 1. The molecule has 0 spiro atoms. The molecule has 0 unspecified atom stereocenters. The van der Waals surface area contributed by atoms with E-state index in [2.05, 4.69) is 4.72 Å². The van der Waals surface area contributed by atoms with E-state index < -0.39 is 21.8 Å². The van der Waals surface area contributed by atoms with Gasteiger partial charge >= 0.3 is 0 Å². The monoisotopic (exact) mass is 465 g/mol. The highest BCUT2D eigenvalue weighted by molar-refractivity contribution is 7.90. The Labute approximate surface area is 194 Å². The van der Waals surface area contributed by atoms with E-state index in [0.29, 0.717) is 41.4 Å². The van der Waals surface area contributed by atoms with Crippen LogP contribution in [0.25, 0.3) is 10.8 Å². The van der Waals surface area contributed by atoms with Crippen LogP contribution in [0, 0.1) is 0 Å². The predicted molar refractivity (Wildman–Crippen MR) is 126 cm³/mol. The van der Waals surface area contributed by atoms with Gasteiger partial charge in [-0.15, -0.1) is 0 Å². The highest BCUT2D eigenvalue weighted by atomic mass is 32.2. The largest absolute Gasteiger partial charge is 0.496 e. The van der Waals surface area contributed by atoms with E-state index in [1.165, 1.54) is 18.9 Å². The van der Waals surface area contributed by atoms with Crippen LogP contribution < -0.4 is 14.2 Å². The van der Waals surface area contributed by atoms with E-state index in [0.717, 1.165) is 23.8 Å². The molecule has 1 fully saturated rings. The van der Waals surface area contributed by atoms with Crippen molar-refractivity contribution in [3.63, 3.8) is 0 Å². The minimum absolute atomic E-state index is 0.0907. The standard InChI is InChI=1S/C26H27NO5S/c1-31-22-14-13-20(18-8-2-3-9-18)25-24(22)21(15-16-32-25)26(28)27-33(29,30)23-12-6-10-17-7-4-5-11-19(17)23/h4-7,10-14,18,21H,2-3,8-9,15-16H2,1H3,(H,27,28)/t21-/m0/s1. The SMILES string of the molecule is COc1ccc(C2CCCC2)c2c1[C@@H](C(=O)NS(=O)(=O)c1cccc3ccccc13)CCO2. The van der Waals surface area contributed by atoms with Crippen molar-refractivity contribution in [2.45, 2.75) is 48.8 Å². The molecule has 1 N–H and O–H groups in total. The fourth-order valence-electron chi connectivity index (χ4n) is 5.20. The highest BCUT2D eigenvalue weighted by Crippen LogP contribution is 2.48. The number of ether oxygens (including phenoxy) is 2. The first kappa shape index (κ1) is 21.8. The zero-order chi connectivity index (χ0) is 23.0. The molecule has 5 rings (SSSR count). The van der Waals surface area contributed by atoms with Gasteiger partial charge in [-0.2, -0.15) is 0 Å². The molecule has 172 valence electrons. The Bertz CT molecular complexity index is 1310. The molecule has 1 aliphatic heterocycles. The second-order valence-corrected chi connectivity index (χ2v) is 10.4. The zero-order valence-corrected chi connectivity index (χ0v) is 19.4. The summed E-state index contributed by atoms with van der Waals surface area (Å²) in [6.07, 6.45) is 4.93. The molecule has 2 aliphatic rings. The second-order valence-electron chi connectivity index (χ2n) is 8.72. The molecule has 6 nitrogen and oxygen atoms in total. The summed E-state index contributed by atoms with van der Waals surface area (Å²) in [6, 6.07) is 16.2. The Morgan fingerprint density at radius 2 is 1.76 bits per heavy atom. The lowest BCUT2D eigenvalue weighted by atomic mass is 9.86. The first-order chi connectivity index (χ1) is 16.0. The Morgan fingerprint density at radius 3 is 2.55 bits per heavy atom. The maximum absolute atomic E-state index is 13.4. The van der Waals surface area contributed by atoms with Crippen LogP contribution in [-0.2, 0) is 14.8 Å². The van der Waals surface area contributed by atoms with E-state index in [1.807, 2.05) is 30.3 Å². The molecule has 1 heterocycles. The molecule has 33 heavy (non-hydrogen) atoms. The van der Waals surface area contributed by atoms with Crippen LogP contribution in [0.4, 0.5) is 0 Å². The van der Waals surface area contributed by atoms with E-state index in [-0.39, 0.29) is 4.90 Å². The number of hydrogen-bond donors (Lipinski definition) is 1. The minimum atomic E-state index is -4.06. The number of methoxy groups -OCH3 is 1.